The lowest BCUT2D eigenvalue weighted by atomic mass is 10.0. The number of likely N-dealkylation sites (N-methyl/N-ethyl adjacent to an activating group) is 1. The van der Waals surface area contributed by atoms with E-state index in [1.165, 1.54) is 18.7 Å². The molecule has 238 valence electrons. The average molecular weight is 680 g/mol. The fourth-order valence-electron chi connectivity index (χ4n) is 4.63. The van der Waals surface area contributed by atoms with E-state index < -0.39 is 47.0 Å². The molecule has 5 heterocycles. The standard InChI is InChI=1S/C25H27ClN10O7S2/c1-10(22(39)40)43-33-15(14-18(26)45-24(28)32-14)19(37)31-16-20(38)36-17(23(41)42)11(9-44-21(16)36)7-35-5-3-12-13(8-35)30-25(29-12)34(2)6-4-27/h3,5,8,10,16,21H,4,6-7,9,27H2,1-2H3,(H5,28,31,32,37,39,40,41,42)/p+1/b33-15-/t10-,16+,21?/m0/s1. The van der Waals surface area contributed by atoms with Crippen LogP contribution in [0.15, 0.2) is 34.9 Å². The Morgan fingerprint density at radius 2 is 2.13 bits per heavy atom. The lowest BCUT2D eigenvalue weighted by molar-refractivity contribution is -0.687. The summed E-state index contributed by atoms with van der Waals surface area (Å²) >= 11 is 8.30. The number of rotatable bonds is 12. The predicted molar refractivity (Wildman–Crippen MR) is 165 cm³/mol. The summed E-state index contributed by atoms with van der Waals surface area (Å²) in [6.07, 6.45) is 2.16. The van der Waals surface area contributed by atoms with Gasteiger partial charge in [0, 0.05) is 37.5 Å². The molecule has 3 aromatic rings. The number of β-lactam (4-membered cyclic amide) rings is 1. The van der Waals surface area contributed by atoms with Gasteiger partial charge >= 0.3 is 11.9 Å². The van der Waals surface area contributed by atoms with E-state index in [4.69, 9.17) is 33.0 Å². The number of carboxylic acid groups (broad SMARTS) is 2. The Kier molecular flexibility index (Phi) is 9.14. The fourth-order valence-corrected chi connectivity index (χ4v) is 6.90. The molecular formula is C25H28ClN10O7S2+. The summed E-state index contributed by atoms with van der Waals surface area (Å²) in [7, 11) is 1.86. The third kappa shape index (κ3) is 6.37. The van der Waals surface area contributed by atoms with E-state index in [-0.39, 0.29) is 33.2 Å². The fraction of sp³-hybridized carbons (Fsp3) is 0.360. The highest BCUT2D eigenvalue weighted by Gasteiger charge is 2.55. The van der Waals surface area contributed by atoms with Crippen LogP contribution in [-0.2, 0) is 30.6 Å². The number of imidazole rings is 1. The van der Waals surface area contributed by atoms with Crippen molar-refractivity contribution in [2.45, 2.75) is 31.0 Å². The van der Waals surface area contributed by atoms with Gasteiger partial charge in [-0.25, -0.2) is 19.6 Å². The van der Waals surface area contributed by atoms with Gasteiger partial charge in [-0.05, 0) is 6.92 Å². The van der Waals surface area contributed by atoms with Crippen molar-refractivity contribution in [3.8, 4) is 0 Å². The van der Waals surface area contributed by atoms with Crippen molar-refractivity contribution in [1.82, 2.24) is 25.2 Å². The Labute approximate surface area is 267 Å². The normalized spacial score (nSPS) is 18.8. The van der Waals surface area contributed by atoms with Crippen LogP contribution in [0.1, 0.15) is 12.6 Å². The maximum atomic E-state index is 13.3. The van der Waals surface area contributed by atoms with Gasteiger partial charge in [-0.1, -0.05) is 28.1 Å². The molecule has 0 aliphatic carbocycles. The zero-order valence-electron chi connectivity index (χ0n) is 23.8. The monoisotopic (exact) mass is 679 g/mol. The summed E-state index contributed by atoms with van der Waals surface area (Å²) in [6.45, 7) is 2.46. The number of nitrogens with two attached hydrogens (primary N) is 2. The van der Waals surface area contributed by atoms with Gasteiger partial charge in [0.2, 0.25) is 12.1 Å². The number of halogens is 1. The first-order valence-electron chi connectivity index (χ1n) is 13.3. The zero-order chi connectivity index (χ0) is 32.6. The molecule has 1 unspecified atom stereocenters. The second-order valence-corrected chi connectivity index (χ2v) is 12.7. The van der Waals surface area contributed by atoms with Crippen molar-refractivity contribution in [2.24, 2.45) is 10.9 Å². The van der Waals surface area contributed by atoms with Gasteiger partial charge in [0.1, 0.15) is 38.2 Å². The van der Waals surface area contributed by atoms with E-state index in [1.807, 2.05) is 11.9 Å². The number of thioether (sulfide) groups is 1. The molecule has 1 fully saturated rings. The number of nitrogens with one attached hydrogen (secondary N) is 2. The smallest absolute Gasteiger partial charge is 0.352 e. The number of oxime groups is 1. The number of pyridine rings is 1. The molecule has 1 saturated heterocycles. The molecule has 0 spiro atoms. The van der Waals surface area contributed by atoms with Gasteiger partial charge in [0.25, 0.3) is 11.8 Å². The second-order valence-electron chi connectivity index (χ2n) is 10.0. The third-order valence-corrected chi connectivity index (χ3v) is 9.32. The quantitative estimate of drug-likeness (QED) is 0.0616. The first-order valence-corrected chi connectivity index (χ1v) is 15.5. The highest BCUT2D eigenvalue weighted by atomic mass is 35.5. The minimum Gasteiger partial charge on any atom is -0.478 e. The maximum Gasteiger partial charge on any atom is 0.352 e. The number of nitrogen functional groups attached to an aromatic ring is 1. The Morgan fingerprint density at radius 3 is 2.78 bits per heavy atom. The number of carboxylic acids is 2. The number of carbonyl (C=O) groups excluding carboxylic acids is 2. The summed E-state index contributed by atoms with van der Waals surface area (Å²) in [5.41, 5.74) is 12.5. The molecule has 0 radical (unpaired) electrons. The van der Waals surface area contributed by atoms with Gasteiger partial charge in [-0.2, -0.15) is 4.57 Å². The van der Waals surface area contributed by atoms with E-state index in [0.29, 0.717) is 24.6 Å². The summed E-state index contributed by atoms with van der Waals surface area (Å²) in [4.78, 5) is 69.9. The van der Waals surface area contributed by atoms with Crippen LogP contribution in [0.3, 0.4) is 0 Å². The van der Waals surface area contributed by atoms with Gasteiger partial charge in [0.05, 0.1) is 0 Å². The minimum atomic E-state index is -1.41. The molecule has 3 atom stereocenters. The number of carbonyl (C=O) groups is 4. The average Bonchev–Trinajstić information content (AvgIpc) is 3.57. The van der Waals surface area contributed by atoms with E-state index in [2.05, 4.69) is 25.4 Å². The van der Waals surface area contributed by atoms with E-state index in [0.717, 1.165) is 27.3 Å². The van der Waals surface area contributed by atoms with Crippen molar-refractivity contribution in [1.29, 1.82) is 0 Å². The Balaban J connectivity index is 1.35. The van der Waals surface area contributed by atoms with Crippen LogP contribution in [0.5, 0.6) is 0 Å². The molecule has 0 saturated carbocycles. The number of thiazole rings is 1. The first-order chi connectivity index (χ1) is 21.4. The van der Waals surface area contributed by atoms with E-state index in [9.17, 15) is 24.3 Å². The lowest BCUT2D eigenvalue weighted by Crippen LogP contribution is -2.71. The summed E-state index contributed by atoms with van der Waals surface area (Å²) in [5.74, 6) is -3.31. The SMILES string of the molecule is C[C@H](O/N=C(\C(=O)N[C@@H]1C(=O)N2C(C(=O)O)=C(C[n+]3ccc4nc(N(C)CCN)[nH]c4c3)CSC12)c1nc(N)sc1Cl)C(=O)O. The number of aromatic amines is 1. The van der Waals surface area contributed by atoms with Crippen molar-refractivity contribution >= 4 is 86.3 Å². The number of aliphatic carboxylic acids is 2. The summed E-state index contributed by atoms with van der Waals surface area (Å²) in [6, 6.07) is 0.682. The zero-order valence-corrected chi connectivity index (χ0v) is 26.1. The van der Waals surface area contributed by atoms with Gasteiger partial charge in [-0.3, -0.25) is 14.5 Å². The van der Waals surface area contributed by atoms with Crippen LogP contribution in [-0.4, -0.2) is 103 Å². The van der Waals surface area contributed by atoms with Crippen molar-refractivity contribution in [2.75, 3.05) is 36.5 Å². The Bertz CT molecular complexity index is 1760. The number of aromatic nitrogens is 4. The molecule has 20 heteroatoms. The highest BCUT2D eigenvalue weighted by Crippen LogP contribution is 2.40. The minimum absolute atomic E-state index is 0.00746. The van der Waals surface area contributed by atoms with Crippen LogP contribution >= 0.6 is 34.7 Å². The van der Waals surface area contributed by atoms with E-state index in [1.54, 1.807) is 23.0 Å². The van der Waals surface area contributed by atoms with Crippen LogP contribution in [0.4, 0.5) is 11.1 Å². The van der Waals surface area contributed by atoms with Crippen molar-refractivity contribution in [3.05, 3.63) is 39.8 Å². The first kappa shape index (κ1) is 31.9. The number of amides is 2. The molecular weight excluding hydrogens is 652 g/mol. The molecule has 2 amide bonds. The molecule has 2 aliphatic heterocycles. The maximum absolute atomic E-state index is 13.3. The highest BCUT2D eigenvalue weighted by molar-refractivity contribution is 8.00. The van der Waals surface area contributed by atoms with Gasteiger partial charge < -0.3 is 41.7 Å². The molecule has 3 aromatic heterocycles. The predicted octanol–water partition coefficient (Wildman–Crippen LogP) is -0.430. The van der Waals surface area contributed by atoms with E-state index >= 15 is 0 Å². The lowest BCUT2D eigenvalue weighted by Gasteiger charge is -2.49. The Morgan fingerprint density at radius 1 is 1.38 bits per heavy atom. The van der Waals surface area contributed by atoms with Crippen LogP contribution in [0, 0.1) is 0 Å². The molecule has 0 aromatic carbocycles. The number of nitrogens with zero attached hydrogens (tertiary/aromatic N) is 6. The molecule has 45 heavy (non-hydrogen) atoms. The van der Waals surface area contributed by atoms with Crippen LogP contribution < -0.4 is 26.3 Å². The second kappa shape index (κ2) is 12.9. The largest absolute Gasteiger partial charge is 0.478 e. The molecule has 0 bridgehead atoms. The van der Waals surface area contributed by atoms with Gasteiger partial charge in [0.15, 0.2) is 29.8 Å². The summed E-state index contributed by atoms with van der Waals surface area (Å²) < 4.78 is 1.78. The van der Waals surface area contributed by atoms with Crippen LogP contribution in [0.2, 0.25) is 4.34 Å². The number of anilines is 2. The van der Waals surface area contributed by atoms with Crippen molar-refractivity contribution in [3.63, 3.8) is 0 Å². The van der Waals surface area contributed by atoms with Crippen LogP contribution in [0.25, 0.3) is 11.0 Å². The number of fused-ring (bicyclic) bond motifs is 2. The number of H-pyrrole nitrogens is 1. The number of hydrogen-bond acceptors (Lipinski definition) is 13. The summed E-state index contributed by atoms with van der Waals surface area (Å²) in [5, 5.41) is 24.7. The third-order valence-electron chi connectivity index (χ3n) is 6.90. The molecule has 2 aliphatic rings. The molecule has 5 rings (SSSR count). The molecule has 17 nitrogen and oxygen atoms in total. The molecule has 8 N–H and O–H groups in total. The topological polar surface area (TPSA) is 246 Å². The van der Waals surface area contributed by atoms with Gasteiger partial charge in [-0.15, -0.1) is 11.8 Å². The van der Waals surface area contributed by atoms with Crippen molar-refractivity contribution < 1.29 is 38.8 Å². The Hall–Kier alpha value is -4.46. The number of hydrogen-bond donors (Lipinski definition) is 6.